The predicted octanol–water partition coefficient (Wildman–Crippen LogP) is 5.03. The topological polar surface area (TPSA) is 75.7 Å². The summed E-state index contributed by atoms with van der Waals surface area (Å²) in [7, 11) is -2.63. The molecule has 2 aromatic carbocycles. The Morgan fingerprint density at radius 1 is 1.10 bits per heavy atom. The zero-order chi connectivity index (χ0) is 22.8. The summed E-state index contributed by atoms with van der Waals surface area (Å²) in [4.78, 5) is 12.5. The van der Waals surface area contributed by atoms with Crippen molar-refractivity contribution in [3.8, 4) is 5.75 Å². The molecule has 1 heterocycles. The van der Waals surface area contributed by atoms with Gasteiger partial charge in [-0.15, -0.1) is 24.5 Å². The molecule has 1 N–H and O–H groups in total. The maximum atomic E-state index is 13.1. The van der Waals surface area contributed by atoms with Crippen molar-refractivity contribution in [2.75, 3.05) is 16.7 Å². The number of ether oxygens (including phenoxy) is 1. The number of anilines is 2. The summed E-state index contributed by atoms with van der Waals surface area (Å²) in [5, 5.41) is 3.96. The number of alkyl halides is 3. The highest BCUT2D eigenvalue weighted by Gasteiger charge is 2.31. The summed E-state index contributed by atoms with van der Waals surface area (Å²) in [5.74, 6) is -1.14. The highest BCUT2D eigenvalue weighted by Crippen LogP contribution is 2.29. The van der Waals surface area contributed by atoms with Crippen molar-refractivity contribution in [1.29, 1.82) is 0 Å². The van der Waals surface area contributed by atoms with Crippen molar-refractivity contribution in [1.82, 2.24) is 0 Å². The van der Waals surface area contributed by atoms with Gasteiger partial charge in [-0.25, -0.2) is 8.42 Å². The molecule has 1 amide bonds. The van der Waals surface area contributed by atoms with Gasteiger partial charge in [0.2, 0.25) is 0 Å². The number of benzene rings is 2. The summed E-state index contributed by atoms with van der Waals surface area (Å²) in [6.07, 6.45) is -4.83. The average Bonchev–Trinajstić information content (AvgIpc) is 3.19. The predicted molar refractivity (Wildman–Crippen MR) is 112 cm³/mol. The standard InChI is InChI=1S/C20H17F3N2O4S2/c1-13-4-3-5-15(12-13)25(2)31(27,28)17-10-11-30-18(17)19(26)24-14-6-8-16(9-7-14)29-20(21,22)23/h3-12H,1-2H3,(H,24,26). The lowest BCUT2D eigenvalue weighted by atomic mass is 10.2. The number of sulfonamides is 1. The highest BCUT2D eigenvalue weighted by molar-refractivity contribution is 7.93. The number of thiophene rings is 1. The number of halogens is 3. The zero-order valence-corrected chi connectivity index (χ0v) is 17.9. The third-order valence-corrected chi connectivity index (χ3v) is 7.06. The number of nitrogens with zero attached hydrogens (tertiary/aromatic N) is 1. The van der Waals surface area contributed by atoms with Gasteiger partial charge in [0.05, 0.1) is 5.69 Å². The Balaban J connectivity index is 1.81. The lowest BCUT2D eigenvalue weighted by Crippen LogP contribution is -2.28. The molecule has 0 aliphatic rings. The monoisotopic (exact) mass is 470 g/mol. The van der Waals surface area contributed by atoms with Crippen LogP contribution < -0.4 is 14.4 Å². The largest absolute Gasteiger partial charge is 0.573 e. The van der Waals surface area contributed by atoms with E-state index in [1.54, 1.807) is 18.2 Å². The number of hydrogen-bond acceptors (Lipinski definition) is 5. The van der Waals surface area contributed by atoms with Crippen molar-refractivity contribution in [2.24, 2.45) is 0 Å². The molecule has 0 spiro atoms. The molecule has 0 aliphatic carbocycles. The van der Waals surface area contributed by atoms with E-state index in [-0.39, 0.29) is 15.5 Å². The fraction of sp³-hybridized carbons (Fsp3) is 0.150. The Kier molecular flexibility index (Phi) is 6.27. The van der Waals surface area contributed by atoms with Crippen LogP contribution in [0.2, 0.25) is 0 Å². The van der Waals surface area contributed by atoms with E-state index in [0.29, 0.717) is 5.69 Å². The van der Waals surface area contributed by atoms with Gasteiger partial charge in [-0.05, 0) is 60.3 Å². The molecule has 0 aliphatic heterocycles. The molecule has 6 nitrogen and oxygen atoms in total. The van der Waals surface area contributed by atoms with Gasteiger partial charge in [-0.1, -0.05) is 12.1 Å². The summed E-state index contributed by atoms with van der Waals surface area (Å²) in [6.45, 7) is 1.83. The first-order valence-electron chi connectivity index (χ1n) is 8.77. The molecule has 31 heavy (non-hydrogen) atoms. The highest BCUT2D eigenvalue weighted by atomic mass is 32.2. The molecule has 0 bridgehead atoms. The van der Waals surface area contributed by atoms with Crippen molar-refractivity contribution < 1.29 is 31.1 Å². The second-order valence-electron chi connectivity index (χ2n) is 6.45. The van der Waals surface area contributed by atoms with Gasteiger partial charge < -0.3 is 10.1 Å². The van der Waals surface area contributed by atoms with Gasteiger partial charge in [-0.2, -0.15) is 0 Å². The molecule has 0 saturated heterocycles. The van der Waals surface area contributed by atoms with Crippen LogP contribution in [0.5, 0.6) is 5.75 Å². The zero-order valence-electron chi connectivity index (χ0n) is 16.3. The van der Waals surface area contributed by atoms with E-state index in [1.165, 1.54) is 30.6 Å². The lowest BCUT2D eigenvalue weighted by Gasteiger charge is -2.20. The number of amides is 1. The van der Waals surface area contributed by atoms with Gasteiger partial charge in [0.15, 0.2) is 0 Å². The molecule has 1 aromatic heterocycles. The van der Waals surface area contributed by atoms with Crippen LogP contribution in [0.25, 0.3) is 0 Å². The molecule has 0 atom stereocenters. The number of aryl methyl sites for hydroxylation is 1. The van der Waals surface area contributed by atoms with E-state index in [9.17, 15) is 26.4 Å². The Morgan fingerprint density at radius 2 is 1.77 bits per heavy atom. The van der Waals surface area contributed by atoms with Crippen molar-refractivity contribution in [2.45, 2.75) is 18.2 Å². The van der Waals surface area contributed by atoms with E-state index in [4.69, 9.17) is 0 Å². The molecule has 0 fully saturated rings. The Hall–Kier alpha value is -3.05. The average molecular weight is 470 g/mol. The molecule has 11 heteroatoms. The number of hydrogen-bond donors (Lipinski definition) is 1. The van der Waals surface area contributed by atoms with Crippen LogP contribution in [0.4, 0.5) is 24.5 Å². The SMILES string of the molecule is Cc1cccc(N(C)S(=O)(=O)c2ccsc2C(=O)Nc2ccc(OC(F)(F)F)cc2)c1. The molecule has 0 unspecified atom stereocenters. The van der Waals surface area contributed by atoms with Gasteiger partial charge in [0.1, 0.15) is 15.5 Å². The lowest BCUT2D eigenvalue weighted by molar-refractivity contribution is -0.274. The van der Waals surface area contributed by atoms with Gasteiger partial charge in [-0.3, -0.25) is 9.10 Å². The van der Waals surface area contributed by atoms with Crippen molar-refractivity contribution >= 4 is 38.6 Å². The van der Waals surface area contributed by atoms with Gasteiger partial charge in [0, 0.05) is 12.7 Å². The summed E-state index contributed by atoms with van der Waals surface area (Å²) in [5.41, 5.74) is 1.50. The quantitative estimate of drug-likeness (QED) is 0.548. The van der Waals surface area contributed by atoms with Crippen molar-refractivity contribution in [3.05, 3.63) is 70.4 Å². The summed E-state index contributed by atoms with van der Waals surface area (Å²) >= 11 is 0.939. The summed E-state index contributed by atoms with van der Waals surface area (Å²) in [6, 6.07) is 12.8. The third-order valence-electron chi connectivity index (χ3n) is 4.18. The maximum absolute atomic E-state index is 13.1. The van der Waals surface area contributed by atoms with Gasteiger partial charge in [0.25, 0.3) is 15.9 Å². The fourth-order valence-corrected chi connectivity index (χ4v) is 5.19. The Morgan fingerprint density at radius 3 is 2.39 bits per heavy atom. The van der Waals surface area contributed by atoms with Crippen LogP contribution in [0.1, 0.15) is 15.2 Å². The first-order chi connectivity index (χ1) is 14.5. The molecule has 0 saturated carbocycles. The molecule has 0 radical (unpaired) electrons. The first kappa shape index (κ1) is 22.6. The number of nitrogens with one attached hydrogen (secondary N) is 1. The van der Waals surface area contributed by atoms with Gasteiger partial charge >= 0.3 is 6.36 Å². The number of rotatable bonds is 6. The van der Waals surface area contributed by atoms with Crippen LogP contribution in [0.15, 0.2) is 64.9 Å². The van der Waals surface area contributed by atoms with Crippen LogP contribution in [-0.4, -0.2) is 27.7 Å². The molecule has 3 rings (SSSR count). The Bertz CT molecular complexity index is 1190. The molecule has 164 valence electrons. The molecular weight excluding hydrogens is 453 g/mol. The van der Waals surface area contributed by atoms with E-state index in [0.717, 1.165) is 33.3 Å². The first-order valence-corrected chi connectivity index (χ1v) is 11.1. The minimum atomic E-state index is -4.83. The fourth-order valence-electron chi connectivity index (χ4n) is 2.70. The Labute approximate surface area is 180 Å². The minimum absolute atomic E-state index is 0.0462. The van der Waals surface area contributed by atoms with E-state index in [1.807, 2.05) is 13.0 Å². The summed E-state index contributed by atoms with van der Waals surface area (Å²) < 4.78 is 67.8. The second-order valence-corrected chi connectivity index (χ2v) is 9.31. The van der Waals surface area contributed by atoms with Crippen LogP contribution in [-0.2, 0) is 10.0 Å². The van der Waals surface area contributed by atoms with E-state index < -0.39 is 28.0 Å². The van der Waals surface area contributed by atoms with E-state index in [2.05, 4.69) is 10.1 Å². The second kappa shape index (κ2) is 8.60. The smallest absolute Gasteiger partial charge is 0.406 e. The normalized spacial score (nSPS) is 11.8. The van der Waals surface area contributed by atoms with Crippen molar-refractivity contribution in [3.63, 3.8) is 0 Å². The van der Waals surface area contributed by atoms with E-state index >= 15 is 0 Å². The third kappa shape index (κ3) is 5.36. The molecular formula is C20H17F3N2O4S2. The number of carbonyl (C=O) groups excluding carboxylic acids is 1. The van der Waals surface area contributed by atoms with Crippen LogP contribution in [0.3, 0.4) is 0 Å². The number of carbonyl (C=O) groups is 1. The molecule has 3 aromatic rings. The van der Waals surface area contributed by atoms with Crippen LogP contribution >= 0.6 is 11.3 Å². The maximum Gasteiger partial charge on any atom is 0.573 e. The minimum Gasteiger partial charge on any atom is -0.406 e. The van der Waals surface area contributed by atoms with Crippen LogP contribution in [0, 0.1) is 6.92 Å².